The number of benzene rings is 1. The van der Waals surface area contributed by atoms with Crippen LogP contribution in [0.4, 0.5) is 4.79 Å². The zero-order valence-electron chi connectivity index (χ0n) is 13.6. The third-order valence-electron chi connectivity index (χ3n) is 5.91. The van der Waals surface area contributed by atoms with Gasteiger partial charge in [-0.15, -0.1) is 0 Å². The highest BCUT2D eigenvalue weighted by atomic mass is 16.6. The minimum atomic E-state index is -0.505. The molecule has 1 saturated heterocycles. The lowest BCUT2D eigenvalue weighted by atomic mass is 9.74. The van der Waals surface area contributed by atoms with Gasteiger partial charge in [0.05, 0.1) is 0 Å². The van der Waals surface area contributed by atoms with Gasteiger partial charge in [-0.1, -0.05) is 18.6 Å². The molecule has 116 valence electrons. The summed E-state index contributed by atoms with van der Waals surface area (Å²) in [6.07, 6.45) is 1.48. The highest BCUT2D eigenvalue weighted by molar-refractivity contribution is 5.87. The normalized spacial score (nSPS) is 30.4. The number of hydrogen-bond acceptors (Lipinski definition) is 2. The quantitative estimate of drug-likeness (QED) is 0.868. The van der Waals surface area contributed by atoms with Gasteiger partial charge in [-0.3, -0.25) is 4.90 Å². The Morgan fingerprint density at radius 1 is 1.36 bits per heavy atom. The van der Waals surface area contributed by atoms with E-state index in [1.807, 2.05) is 4.90 Å². The van der Waals surface area contributed by atoms with E-state index in [1.165, 1.54) is 16.5 Å². The molecule has 0 bridgehead atoms. The number of cyclic esters (lactones) is 1. The van der Waals surface area contributed by atoms with Crippen LogP contribution in [0.15, 0.2) is 18.2 Å². The number of aryl methyl sites for hydroxylation is 1. The number of carbonyl (C=O) groups is 1. The Bertz CT molecular complexity index is 794. The predicted molar refractivity (Wildman–Crippen MR) is 86.0 cm³/mol. The van der Waals surface area contributed by atoms with Crippen LogP contribution in [-0.2, 0) is 16.7 Å². The van der Waals surface area contributed by atoms with Crippen molar-refractivity contribution in [3.05, 3.63) is 35.0 Å². The van der Waals surface area contributed by atoms with Crippen LogP contribution in [-0.4, -0.2) is 28.1 Å². The van der Waals surface area contributed by atoms with Crippen molar-refractivity contribution in [1.29, 1.82) is 0 Å². The maximum Gasteiger partial charge on any atom is 0.411 e. The van der Waals surface area contributed by atoms with Crippen LogP contribution in [0.2, 0.25) is 0 Å². The lowest BCUT2D eigenvalue weighted by molar-refractivity contribution is -0.00297. The second kappa shape index (κ2) is 4.06. The zero-order valence-corrected chi connectivity index (χ0v) is 13.6. The fraction of sp³-hybridized carbons (Fsp3) is 0.500. The first kappa shape index (κ1) is 13.7. The lowest BCUT2D eigenvalue weighted by Gasteiger charge is -2.44. The molecule has 2 aliphatic heterocycles. The molecule has 3 heterocycles. The molecule has 0 aliphatic carbocycles. The Balaban J connectivity index is 2.02. The standard InChI is InChI=1S/C18H22N2O2/c1-5-17(3)18(4)15-12(8-9-20(18)16(21)22-17)13-10-11(2)6-7-14(13)19-15/h6-7,10,19H,5,8-9H2,1-4H3/t17-,18-/m1/s1. The molecule has 22 heavy (non-hydrogen) atoms. The average Bonchev–Trinajstić information content (AvgIpc) is 2.94. The summed E-state index contributed by atoms with van der Waals surface area (Å²) in [5, 5.41) is 1.29. The van der Waals surface area contributed by atoms with E-state index in [0.29, 0.717) is 0 Å². The Morgan fingerprint density at radius 3 is 2.86 bits per heavy atom. The molecule has 1 N–H and O–H groups in total. The molecule has 0 unspecified atom stereocenters. The number of nitrogens with one attached hydrogen (secondary N) is 1. The van der Waals surface area contributed by atoms with Crippen molar-refractivity contribution < 1.29 is 9.53 Å². The number of H-pyrrole nitrogens is 1. The summed E-state index contributed by atoms with van der Waals surface area (Å²) in [5.74, 6) is 0. The molecule has 4 nitrogen and oxygen atoms in total. The predicted octanol–water partition coefficient (Wildman–Crippen LogP) is 3.87. The monoisotopic (exact) mass is 298 g/mol. The third kappa shape index (κ3) is 1.40. The fourth-order valence-electron chi connectivity index (χ4n) is 4.21. The van der Waals surface area contributed by atoms with E-state index in [-0.39, 0.29) is 6.09 Å². The summed E-state index contributed by atoms with van der Waals surface area (Å²) < 4.78 is 5.79. The highest BCUT2D eigenvalue weighted by Gasteiger charge is 2.62. The maximum absolute atomic E-state index is 12.4. The highest BCUT2D eigenvalue weighted by Crippen LogP contribution is 2.52. The number of rotatable bonds is 1. The van der Waals surface area contributed by atoms with Gasteiger partial charge < -0.3 is 9.72 Å². The van der Waals surface area contributed by atoms with Crippen molar-refractivity contribution in [2.75, 3.05) is 6.54 Å². The lowest BCUT2D eigenvalue weighted by Crippen LogP contribution is -2.55. The molecular formula is C18H22N2O2. The van der Waals surface area contributed by atoms with Crippen LogP contribution < -0.4 is 0 Å². The van der Waals surface area contributed by atoms with Crippen molar-refractivity contribution >= 4 is 17.0 Å². The van der Waals surface area contributed by atoms with Gasteiger partial charge in [0.15, 0.2) is 0 Å². The number of carbonyl (C=O) groups excluding carboxylic acids is 1. The van der Waals surface area contributed by atoms with E-state index in [2.05, 4.69) is 50.9 Å². The topological polar surface area (TPSA) is 45.3 Å². The molecular weight excluding hydrogens is 276 g/mol. The summed E-state index contributed by atoms with van der Waals surface area (Å²) in [4.78, 5) is 17.9. The minimum Gasteiger partial charge on any atom is -0.440 e. The van der Waals surface area contributed by atoms with Gasteiger partial charge in [0.1, 0.15) is 11.1 Å². The van der Waals surface area contributed by atoms with Crippen molar-refractivity contribution in [2.45, 2.75) is 51.7 Å². The van der Waals surface area contributed by atoms with E-state index >= 15 is 0 Å². The largest absolute Gasteiger partial charge is 0.440 e. The molecule has 2 aromatic rings. The number of aromatic nitrogens is 1. The van der Waals surface area contributed by atoms with E-state index in [1.54, 1.807) is 0 Å². The first-order valence-electron chi connectivity index (χ1n) is 8.03. The first-order valence-corrected chi connectivity index (χ1v) is 8.03. The number of aromatic amines is 1. The van der Waals surface area contributed by atoms with Crippen molar-refractivity contribution in [3.8, 4) is 0 Å². The summed E-state index contributed by atoms with van der Waals surface area (Å²) in [6.45, 7) is 9.12. The molecule has 4 heteroatoms. The zero-order chi connectivity index (χ0) is 15.7. The van der Waals surface area contributed by atoms with Crippen molar-refractivity contribution in [1.82, 2.24) is 9.88 Å². The minimum absolute atomic E-state index is 0.188. The second-order valence-corrected chi connectivity index (χ2v) is 6.95. The van der Waals surface area contributed by atoms with Crippen molar-refractivity contribution in [3.63, 3.8) is 0 Å². The van der Waals surface area contributed by atoms with Gasteiger partial charge in [-0.2, -0.15) is 0 Å². The molecule has 0 spiro atoms. The molecule has 2 atom stereocenters. The van der Waals surface area contributed by atoms with Crippen molar-refractivity contribution in [2.24, 2.45) is 0 Å². The van der Waals surface area contributed by atoms with Gasteiger partial charge in [0.25, 0.3) is 0 Å². The Hall–Kier alpha value is -1.97. The molecule has 4 rings (SSSR count). The van der Waals surface area contributed by atoms with Gasteiger partial charge in [-0.05, 0) is 51.3 Å². The fourth-order valence-corrected chi connectivity index (χ4v) is 4.21. The molecule has 1 fully saturated rings. The number of ether oxygens (including phenoxy) is 1. The summed E-state index contributed by atoms with van der Waals surface area (Å²) in [5.41, 5.74) is 3.97. The second-order valence-electron chi connectivity index (χ2n) is 6.95. The van der Waals surface area contributed by atoms with Crippen LogP contribution in [0.5, 0.6) is 0 Å². The first-order chi connectivity index (χ1) is 10.4. The number of nitrogens with zero attached hydrogens (tertiary/aromatic N) is 1. The number of hydrogen-bond donors (Lipinski definition) is 1. The van der Waals surface area contributed by atoms with E-state index in [4.69, 9.17) is 4.74 Å². The SMILES string of the molecule is CC[C@@]1(C)OC(=O)N2CCc3c([nH]c4ccc(C)cc34)[C@@]21C. The molecule has 2 aliphatic rings. The Morgan fingerprint density at radius 2 is 2.14 bits per heavy atom. The van der Waals surface area contributed by atoms with Crippen LogP contribution in [0.3, 0.4) is 0 Å². The van der Waals surface area contributed by atoms with Crippen LogP contribution in [0, 0.1) is 6.92 Å². The van der Waals surface area contributed by atoms with E-state index < -0.39 is 11.1 Å². The van der Waals surface area contributed by atoms with Gasteiger partial charge in [0.2, 0.25) is 0 Å². The summed E-state index contributed by atoms with van der Waals surface area (Å²) in [6, 6.07) is 6.50. The molecule has 0 radical (unpaired) electrons. The smallest absolute Gasteiger partial charge is 0.411 e. The molecule has 1 aromatic carbocycles. The Labute approximate surface area is 130 Å². The summed E-state index contributed by atoms with van der Waals surface area (Å²) in [7, 11) is 0. The molecule has 0 saturated carbocycles. The average molecular weight is 298 g/mol. The third-order valence-corrected chi connectivity index (χ3v) is 5.91. The number of fused-ring (bicyclic) bond motifs is 5. The van der Waals surface area contributed by atoms with Crippen LogP contribution in [0.1, 0.15) is 44.0 Å². The van der Waals surface area contributed by atoms with Gasteiger partial charge in [-0.25, -0.2) is 4.79 Å². The maximum atomic E-state index is 12.4. The molecule has 1 aromatic heterocycles. The summed E-state index contributed by atoms with van der Waals surface area (Å²) >= 11 is 0. The van der Waals surface area contributed by atoms with Crippen LogP contribution >= 0.6 is 0 Å². The van der Waals surface area contributed by atoms with E-state index in [0.717, 1.165) is 30.6 Å². The Kier molecular flexibility index (Phi) is 2.52. The van der Waals surface area contributed by atoms with Crippen LogP contribution in [0.25, 0.3) is 10.9 Å². The molecule has 1 amide bonds. The number of amides is 1. The van der Waals surface area contributed by atoms with Gasteiger partial charge in [0, 0.05) is 23.1 Å². The van der Waals surface area contributed by atoms with Gasteiger partial charge >= 0.3 is 6.09 Å². The van der Waals surface area contributed by atoms with E-state index in [9.17, 15) is 4.79 Å².